The molecule has 0 aliphatic rings. The second kappa shape index (κ2) is 6.91. The van der Waals surface area contributed by atoms with Gasteiger partial charge in [-0.2, -0.15) is 0 Å². The second-order valence-corrected chi connectivity index (χ2v) is 7.04. The second-order valence-electron chi connectivity index (χ2n) is 7.04. The number of carboxylic acids is 1. The molecule has 0 aliphatic carbocycles. The van der Waals surface area contributed by atoms with Crippen LogP contribution in [0.3, 0.4) is 0 Å². The van der Waals surface area contributed by atoms with E-state index in [0.717, 1.165) is 21.9 Å². The minimum atomic E-state index is -1.08. The number of ether oxygens (including phenoxy) is 2. The van der Waals surface area contributed by atoms with E-state index in [2.05, 4.69) is 5.10 Å². The number of nitrogens with one attached hydrogen (secondary N) is 1. The van der Waals surface area contributed by atoms with E-state index in [9.17, 15) is 9.59 Å². The minimum Gasteiger partial charge on any atom is -0.493 e. The number of aromatic amines is 1. The van der Waals surface area contributed by atoms with E-state index in [1.807, 2.05) is 13.2 Å². The number of methoxy groups -OCH3 is 1. The van der Waals surface area contributed by atoms with Gasteiger partial charge in [-0.1, -0.05) is 6.07 Å². The molecule has 2 aromatic carbocycles. The Morgan fingerprint density at radius 1 is 1.19 bits per heavy atom. The van der Waals surface area contributed by atoms with E-state index < -0.39 is 12.6 Å². The molecule has 0 saturated carbocycles. The number of fused-ring (bicyclic) bond motifs is 4. The molecule has 0 spiro atoms. The van der Waals surface area contributed by atoms with Crippen LogP contribution in [-0.2, 0) is 11.8 Å². The highest BCUT2D eigenvalue weighted by molar-refractivity contribution is 6.14. The average Bonchev–Trinajstić information content (AvgIpc) is 3.30. The van der Waals surface area contributed by atoms with Crippen LogP contribution in [0.4, 0.5) is 0 Å². The Bertz CT molecular complexity index is 1540. The SMILES string of the molecule is COc1cc(-c2c3c[nH]n(C)c3nc3c2oc2cc(=O)ccc23)ccc1OCC(=O)O. The predicted molar refractivity (Wildman–Crippen MR) is 114 cm³/mol. The summed E-state index contributed by atoms with van der Waals surface area (Å²) >= 11 is 0. The minimum absolute atomic E-state index is 0.146. The van der Waals surface area contributed by atoms with Crippen LogP contribution < -0.4 is 14.9 Å². The molecule has 0 fully saturated rings. The highest BCUT2D eigenvalue weighted by atomic mass is 16.5. The maximum absolute atomic E-state index is 11.8. The van der Waals surface area contributed by atoms with Gasteiger partial charge in [0.1, 0.15) is 11.1 Å². The molecule has 9 heteroatoms. The van der Waals surface area contributed by atoms with Gasteiger partial charge in [0, 0.05) is 35.6 Å². The van der Waals surface area contributed by atoms with Crippen molar-refractivity contribution < 1.29 is 23.8 Å². The monoisotopic (exact) mass is 419 g/mol. The van der Waals surface area contributed by atoms with Gasteiger partial charge < -0.3 is 24.1 Å². The summed E-state index contributed by atoms with van der Waals surface area (Å²) in [6.07, 6.45) is 1.82. The van der Waals surface area contributed by atoms with Gasteiger partial charge in [0.2, 0.25) is 0 Å². The first kappa shape index (κ1) is 18.7. The number of H-pyrrole nitrogens is 1. The highest BCUT2D eigenvalue weighted by Crippen LogP contribution is 2.41. The molecule has 0 saturated heterocycles. The number of aryl methyl sites for hydroxylation is 1. The first-order valence-corrected chi connectivity index (χ1v) is 9.39. The molecule has 3 aromatic heterocycles. The van der Waals surface area contributed by atoms with Crippen molar-refractivity contribution in [2.75, 3.05) is 13.7 Å². The van der Waals surface area contributed by atoms with Gasteiger partial charge in [-0.15, -0.1) is 0 Å². The highest BCUT2D eigenvalue weighted by Gasteiger charge is 2.21. The van der Waals surface area contributed by atoms with Crippen LogP contribution in [0.15, 0.2) is 51.8 Å². The van der Waals surface area contributed by atoms with Gasteiger partial charge >= 0.3 is 5.97 Å². The van der Waals surface area contributed by atoms with Crippen molar-refractivity contribution in [3.8, 4) is 22.6 Å². The van der Waals surface area contributed by atoms with Crippen LogP contribution >= 0.6 is 0 Å². The first-order chi connectivity index (χ1) is 15.0. The number of pyridine rings is 1. The summed E-state index contributed by atoms with van der Waals surface area (Å²) in [7, 11) is 3.34. The van der Waals surface area contributed by atoms with Crippen LogP contribution in [0.1, 0.15) is 0 Å². The number of nitrogens with zero attached hydrogens (tertiary/aromatic N) is 2. The zero-order valence-electron chi connectivity index (χ0n) is 16.6. The van der Waals surface area contributed by atoms with Crippen molar-refractivity contribution in [1.82, 2.24) is 14.8 Å². The zero-order valence-corrected chi connectivity index (χ0v) is 16.6. The van der Waals surface area contributed by atoms with E-state index in [-0.39, 0.29) is 5.43 Å². The molecule has 0 bridgehead atoms. The third-order valence-electron chi connectivity index (χ3n) is 5.11. The molecule has 5 aromatic rings. The Hall–Kier alpha value is -4.27. The molecule has 0 amide bonds. The number of rotatable bonds is 5. The van der Waals surface area contributed by atoms with Crippen molar-refractivity contribution in [1.29, 1.82) is 0 Å². The number of carboxylic acid groups (broad SMARTS) is 1. The number of hydrogen-bond acceptors (Lipinski definition) is 6. The summed E-state index contributed by atoms with van der Waals surface area (Å²) in [5, 5.41) is 13.6. The van der Waals surface area contributed by atoms with Crippen LogP contribution in [0.25, 0.3) is 44.2 Å². The van der Waals surface area contributed by atoms with Gasteiger partial charge in [0.05, 0.1) is 7.11 Å². The van der Waals surface area contributed by atoms with Crippen molar-refractivity contribution in [3.05, 3.63) is 52.8 Å². The quantitative estimate of drug-likeness (QED) is 0.448. The summed E-state index contributed by atoms with van der Waals surface area (Å²) in [6.45, 7) is -0.478. The Kier molecular flexibility index (Phi) is 4.18. The lowest BCUT2D eigenvalue weighted by atomic mass is 10.0. The number of aromatic nitrogens is 3. The molecule has 156 valence electrons. The summed E-state index contributed by atoms with van der Waals surface area (Å²) < 4.78 is 18.6. The topological polar surface area (TPSA) is 120 Å². The molecule has 2 N–H and O–H groups in total. The molecule has 9 nitrogen and oxygen atoms in total. The lowest BCUT2D eigenvalue weighted by molar-refractivity contribution is -0.139. The normalized spacial score (nSPS) is 11.4. The molecule has 3 heterocycles. The average molecular weight is 419 g/mol. The van der Waals surface area contributed by atoms with Crippen molar-refractivity contribution in [2.45, 2.75) is 0 Å². The van der Waals surface area contributed by atoms with E-state index >= 15 is 0 Å². The maximum atomic E-state index is 11.8. The third-order valence-corrected chi connectivity index (χ3v) is 5.11. The van der Waals surface area contributed by atoms with Crippen LogP contribution in [0.5, 0.6) is 11.5 Å². The number of hydrogen-bond donors (Lipinski definition) is 2. The zero-order chi connectivity index (χ0) is 21.7. The fourth-order valence-corrected chi connectivity index (χ4v) is 3.73. The Morgan fingerprint density at radius 3 is 2.81 bits per heavy atom. The molecule has 31 heavy (non-hydrogen) atoms. The summed E-state index contributed by atoms with van der Waals surface area (Å²) in [5.74, 6) is -0.381. The molecule has 0 radical (unpaired) electrons. The van der Waals surface area contributed by atoms with Gasteiger partial charge in [-0.05, 0) is 29.8 Å². The Balaban J connectivity index is 1.81. The van der Waals surface area contributed by atoms with Gasteiger partial charge in [0.15, 0.2) is 34.8 Å². The molecule has 0 aliphatic heterocycles. The van der Waals surface area contributed by atoms with Crippen LogP contribution in [0.2, 0.25) is 0 Å². The van der Waals surface area contributed by atoms with Gasteiger partial charge in [0.25, 0.3) is 0 Å². The summed E-state index contributed by atoms with van der Waals surface area (Å²) in [5.41, 5.74) is 3.73. The van der Waals surface area contributed by atoms with Crippen LogP contribution in [0, 0.1) is 0 Å². The molecular weight excluding hydrogens is 402 g/mol. The predicted octanol–water partition coefficient (Wildman–Crippen LogP) is 3.30. The lowest BCUT2D eigenvalue weighted by Crippen LogP contribution is -2.10. The van der Waals surface area contributed by atoms with E-state index in [1.54, 1.807) is 28.9 Å². The fourth-order valence-electron chi connectivity index (χ4n) is 3.73. The lowest BCUT2D eigenvalue weighted by Gasteiger charge is -2.12. The van der Waals surface area contributed by atoms with Crippen molar-refractivity contribution >= 4 is 39.1 Å². The first-order valence-electron chi connectivity index (χ1n) is 9.39. The summed E-state index contributed by atoms with van der Waals surface area (Å²) in [6, 6.07) is 9.85. The smallest absolute Gasteiger partial charge is 0.341 e. The summed E-state index contributed by atoms with van der Waals surface area (Å²) in [4.78, 5) is 27.4. The largest absolute Gasteiger partial charge is 0.493 e. The van der Waals surface area contributed by atoms with E-state index in [4.69, 9.17) is 24.0 Å². The van der Waals surface area contributed by atoms with E-state index in [1.165, 1.54) is 19.2 Å². The number of carbonyl (C=O) groups is 1. The van der Waals surface area contributed by atoms with Crippen molar-refractivity contribution in [3.63, 3.8) is 0 Å². The number of benzene rings is 2. The van der Waals surface area contributed by atoms with Gasteiger partial charge in [-0.25, -0.2) is 9.78 Å². The number of aliphatic carboxylic acids is 1. The molecule has 0 unspecified atom stereocenters. The molecule has 0 atom stereocenters. The van der Waals surface area contributed by atoms with Crippen molar-refractivity contribution in [2.24, 2.45) is 7.05 Å². The fraction of sp³-hybridized carbons (Fsp3) is 0.136. The Morgan fingerprint density at radius 2 is 2.03 bits per heavy atom. The maximum Gasteiger partial charge on any atom is 0.341 e. The van der Waals surface area contributed by atoms with Crippen LogP contribution in [-0.4, -0.2) is 39.6 Å². The standard InChI is InChI=1S/C22H17N3O6/c1-25-22-14(9-23-25)19(11-3-6-15(17(7-11)29-2)30-10-18(27)28)21-20(24-22)13-5-4-12(26)8-16(13)31-21/h3-9,23H,10H2,1-2H3,(H,27,28). The molecule has 5 rings (SSSR count). The molecular formula is C22H17N3O6. The Labute approximate surface area is 174 Å². The van der Waals surface area contributed by atoms with E-state index in [0.29, 0.717) is 33.8 Å². The number of furan rings is 1. The third kappa shape index (κ3) is 2.98. The van der Waals surface area contributed by atoms with Gasteiger partial charge in [-0.3, -0.25) is 9.48 Å².